The molecule has 0 aliphatic heterocycles. The normalized spacial score (nSPS) is 12.0. The van der Waals surface area contributed by atoms with Gasteiger partial charge in [-0.15, -0.1) is 0 Å². The van der Waals surface area contributed by atoms with Crippen molar-refractivity contribution in [2.75, 3.05) is 0 Å². The number of carbonyl (C=O) groups is 2. The average Bonchev–Trinajstić information content (AvgIpc) is 2.67. The third-order valence-electron chi connectivity index (χ3n) is 4.95. The Labute approximate surface area is 237 Å². The minimum absolute atomic E-state index is 0. The van der Waals surface area contributed by atoms with Crippen molar-refractivity contribution in [2.45, 2.75) is 66.2 Å². The van der Waals surface area contributed by atoms with Gasteiger partial charge in [-0.05, 0) is 46.9 Å². The first kappa shape index (κ1) is 33.6. The Morgan fingerprint density at radius 2 is 0.844 bits per heavy atom. The number of carboxylic acids is 2. The van der Waals surface area contributed by atoms with E-state index in [0.717, 1.165) is 24.0 Å². The third kappa shape index (κ3) is 12.6. The molecule has 0 spiro atoms. The molecule has 2 aromatic carbocycles. The Morgan fingerprint density at radius 3 is 1.03 bits per heavy atom. The minimum Gasteiger partial charge on any atom is -0.550 e. The van der Waals surface area contributed by atoms with Gasteiger partial charge in [0.15, 0.2) is 0 Å². The van der Waals surface area contributed by atoms with E-state index in [4.69, 9.17) is 0 Å². The molecule has 0 aliphatic carbocycles. The summed E-state index contributed by atoms with van der Waals surface area (Å²) in [5.74, 6) is -1.86. The van der Waals surface area contributed by atoms with Gasteiger partial charge < -0.3 is 19.8 Å². The Kier molecular flexibility index (Phi) is 17.7. The molecule has 0 heterocycles. The van der Waals surface area contributed by atoms with E-state index in [-0.39, 0.29) is 59.1 Å². The van der Waals surface area contributed by atoms with E-state index in [1.807, 2.05) is 48.5 Å². The maximum Gasteiger partial charge on any atom is 1.00 e. The molecule has 0 saturated heterocycles. The molecule has 0 bridgehead atoms. The van der Waals surface area contributed by atoms with Gasteiger partial charge >= 0.3 is 59.1 Å². The van der Waals surface area contributed by atoms with Crippen molar-refractivity contribution < 1.29 is 78.9 Å². The van der Waals surface area contributed by atoms with Crippen LogP contribution < -0.4 is 69.3 Å². The van der Waals surface area contributed by atoms with E-state index < -0.39 is 23.8 Å². The van der Waals surface area contributed by atoms with Crippen molar-refractivity contribution in [2.24, 2.45) is 11.8 Å². The SMILES string of the molecule is CC(C)Cc1ccc(C(C)C(=O)[O-])cc1.CC(C)Cc1ccc(C(C)C(=O)[O-])cc1.[Na+].[Na+]. The first-order valence-corrected chi connectivity index (χ1v) is 10.6. The molecule has 32 heavy (non-hydrogen) atoms. The van der Waals surface area contributed by atoms with E-state index in [1.165, 1.54) is 11.1 Å². The molecule has 0 aliphatic rings. The number of rotatable bonds is 8. The Bertz CT molecular complexity index is 730. The number of benzene rings is 2. The van der Waals surface area contributed by atoms with Crippen molar-refractivity contribution in [1.29, 1.82) is 0 Å². The summed E-state index contributed by atoms with van der Waals surface area (Å²) in [6, 6.07) is 15.5. The molecule has 164 valence electrons. The van der Waals surface area contributed by atoms with Gasteiger partial charge in [0.05, 0.1) is 0 Å². The van der Waals surface area contributed by atoms with Gasteiger partial charge in [0, 0.05) is 23.8 Å². The van der Waals surface area contributed by atoms with Crippen molar-refractivity contribution in [3.05, 3.63) is 70.8 Å². The molecule has 2 rings (SSSR count). The van der Waals surface area contributed by atoms with E-state index in [1.54, 1.807) is 13.8 Å². The molecule has 4 nitrogen and oxygen atoms in total. The maximum atomic E-state index is 10.7. The second kappa shape index (κ2) is 16.9. The first-order chi connectivity index (χ1) is 14.0. The van der Waals surface area contributed by atoms with Crippen molar-refractivity contribution in [3.8, 4) is 0 Å². The third-order valence-corrected chi connectivity index (χ3v) is 4.95. The number of aliphatic carboxylic acids is 2. The topological polar surface area (TPSA) is 80.3 Å². The van der Waals surface area contributed by atoms with Crippen LogP contribution >= 0.6 is 0 Å². The summed E-state index contributed by atoms with van der Waals surface area (Å²) in [6.07, 6.45) is 2.06. The van der Waals surface area contributed by atoms with Gasteiger partial charge in [0.25, 0.3) is 0 Å². The quantitative estimate of drug-likeness (QED) is 0.411. The average molecular weight is 457 g/mol. The van der Waals surface area contributed by atoms with Crippen LogP contribution in [0.4, 0.5) is 0 Å². The van der Waals surface area contributed by atoms with Crippen LogP contribution in [0.1, 0.15) is 75.6 Å². The summed E-state index contributed by atoms with van der Waals surface area (Å²) in [7, 11) is 0. The molecule has 0 fully saturated rings. The second-order valence-electron chi connectivity index (χ2n) is 8.76. The van der Waals surface area contributed by atoms with E-state index in [0.29, 0.717) is 11.8 Å². The van der Waals surface area contributed by atoms with Crippen LogP contribution in [0.3, 0.4) is 0 Å². The molecular formula is C26H34Na2O4. The molecule has 2 aromatic rings. The molecule has 2 unspecified atom stereocenters. The molecule has 6 heteroatoms. The van der Waals surface area contributed by atoms with Crippen molar-refractivity contribution in [1.82, 2.24) is 0 Å². The van der Waals surface area contributed by atoms with Crippen molar-refractivity contribution >= 4 is 11.9 Å². The van der Waals surface area contributed by atoms with Crippen LogP contribution in [0.25, 0.3) is 0 Å². The standard InChI is InChI=1S/2C13H18O2.2Na/c2*1-9(2)8-11-4-6-12(7-5-11)10(3)13(14)15;;/h2*4-7,9-10H,8H2,1-3H3,(H,14,15);;/q;;2*+1/p-2. The predicted molar refractivity (Wildman–Crippen MR) is 117 cm³/mol. The zero-order chi connectivity index (χ0) is 22.8. The summed E-state index contributed by atoms with van der Waals surface area (Å²) < 4.78 is 0. The first-order valence-electron chi connectivity index (χ1n) is 10.6. The monoisotopic (exact) mass is 456 g/mol. The van der Waals surface area contributed by atoms with Gasteiger partial charge in [0.2, 0.25) is 0 Å². The van der Waals surface area contributed by atoms with Gasteiger partial charge in [-0.2, -0.15) is 0 Å². The van der Waals surface area contributed by atoms with Crippen molar-refractivity contribution in [3.63, 3.8) is 0 Å². The molecule has 0 amide bonds. The molecule has 0 radical (unpaired) electrons. The summed E-state index contributed by atoms with van der Waals surface area (Å²) in [5.41, 5.74) is 4.11. The minimum atomic E-state index is -1.02. The van der Waals surface area contributed by atoms with Crippen LogP contribution in [0.5, 0.6) is 0 Å². The molecule has 2 atom stereocenters. The van der Waals surface area contributed by atoms with Gasteiger partial charge in [0.1, 0.15) is 0 Å². The molecule has 0 aromatic heterocycles. The molecule has 0 saturated carbocycles. The fraction of sp³-hybridized carbons (Fsp3) is 0.462. The Balaban J connectivity index is 0. The fourth-order valence-corrected chi connectivity index (χ4v) is 3.10. The second-order valence-corrected chi connectivity index (χ2v) is 8.76. The van der Waals surface area contributed by atoms with Crippen LogP contribution in [-0.2, 0) is 22.4 Å². The van der Waals surface area contributed by atoms with E-state index in [2.05, 4.69) is 27.7 Å². The zero-order valence-corrected chi connectivity index (χ0v) is 25.0. The maximum absolute atomic E-state index is 10.7. The van der Waals surface area contributed by atoms with Crippen LogP contribution in [0.2, 0.25) is 0 Å². The Morgan fingerprint density at radius 1 is 0.594 bits per heavy atom. The van der Waals surface area contributed by atoms with Crippen LogP contribution in [0.15, 0.2) is 48.5 Å². The smallest absolute Gasteiger partial charge is 0.550 e. The zero-order valence-electron chi connectivity index (χ0n) is 21.0. The number of carbonyl (C=O) groups excluding carboxylic acids is 2. The summed E-state index contributed by atoms with van der Waals surface area (Å²) in [6.45, 7) is 11.9. The summed E-state index contributed by atoms with van der Waals surface area (Å²) in [4.78, 5) is 21.3. The van der Waals surface area contributed by atoms with Gasteiger partial charge in [-0.3, -0.25) is 0 Å². The number of hydrogen-bond donors (Lipinski definition) is 0. The summed E-state index contributed by atoms with van der Waals surface area (Å²) in [5, 5.41) is 21.3. The molecular weight excluding hydrogens is 422 g/mol. The van der Waals surface area contributed by atoms with Gasteiger partial charge in [-0.1, -0.05) is 90.1 Å². The van der Waals surface area contributed by atoms with Crippen LogP contribution in [-0.4, -0.2) is 11.9 Å². The number of carboxylic acid groups (broad SMARTS) is 2. The predicted octanol–water partition coefficient (Wildman–Crippen LogP) is -2.51. The van der Waals surface area contributed by atoms with E-state index in [9.17, 15) is 19.8 Å². The number of hydrogen-bond acceptors (Lipinski definition) is 4. The molecule has 0 N–H and O–H groups in total. The summed E-state index contributed by atoms with van der Waals surface area (Å²) >= 11 is 0. The largest absolute Gasteiger partial charge is 1.00 e. The van der Waals surface area contributed by atoms with E-state index >= 15 is 0 Å². The fourth-order valence-electron chi connectivity index (χ4n) is 3.10. The Hall–Kier alpha value is -0.620. The van der Waals surface area contributed by atoms with Crippen LogP contribution in [0, 0.1) is 11.8 Å². The van der Waals surface area contributed by atoms with Gasteiger partial charge in [-0.25, -0.2) is 0 Å².